The maximum absolute atomic E-state index is 12.6. The molecule has 7 rings (SSSR count). The number of nitro groups is 1. The highest BCUT2D eigenvalue weighted by Gasteiger charge is 2.24. The summed E-state index contributed by atoms with van der Waals surface area (Å²) in [6, 6.07) is 19.6. The molecule has 11 heteroatoms. The second-order valence-corrected chi connectivity index (χ2v) is 10.1. The van der Waals surface area contributed by atoms with Gasteiger partial charge in [0.25, 0.3) is 11.6 Å². The van der Waals surface area contributed by atoms with Gasteiger partial charge in [0.05, 0.1) is 22.8 Å². The summed E-state index contributed by atoms with van der Waals surface area (Å²) >= 11 is 0. The molecule has 0 fully saturated rings. The Hall–Kier alpha value is -5.03. The van der Waals surface area contributed by atoms with Crippen molar-refractivity contribution in [1.29, 1.82) is 0 Å². The number of nitrogens with zero attached hydrogens (tertiary/aromatic N) is 3. The van der Waals surface area contributed by atoms with Gasteiger partial charge in [-0.1, -0.05) is 18.2 Å². The number of nitro benzene ring substituents is 1. The molecule has 0 radical (unpaired) electrons. The van der Waals surface area contributed by atoms with Crippen LogP contribution in [0.25, 0.3) is 11.3 Å². The Morgan fingerprint density at radius 2 is 1.95 bits per heavy atom. The van der Waals surface area contributed by atoms with Gasteiger partial charge in [-0.15, -0.1) is 0 Å². The van der Waals surface area contributed by atoms with Crippen LogP contribution in [0.5, 0.6) is 11.5 Å². The van der Waals surface area contributed by atoms with Crippen molar-refractivity contribution in [2.24, 2.45) is 0 Å². The number of amides is 1. The molecule has 0 saturated carbocycles. The van der Waals surface area contributed by atoms with E-state index in [4.69, 9.17) is 14.2 Å². The van der Waals surface area contributed by atoms with Crippen LogP contribution in [0.2, 0.25) is 0 Å². The summed E-state index contributed by atoms with van der Waals surface area (Å²) in [7, 11) is 0. The summed E-state index contributed by atoms with van der Waals surface area (Å²) in [4.78, 5) is 32.9. The highest BCUT2D eigenvalue weighted by molar-refractivity contribution is 5.96. The zero-order chi connectivity index (χ0) is 28.9. The van der Waals surface area contributed by atoms with Crippen LogP contribution in [0.1, 0.15) is 34.3 Å². The molecule has 4 heterocycles. The van der Waals surface area contributed by atoms with E-state index in [1.807, 2.05) is 36.4 Å². The number of anilines is 2. The van der Waals surface area contributed by atoms with Crippen LogP contribution in [0.15, 0.2) is 72.9 Å². The Labute approximate surface area is 242 Å². The molecule has 214 valence electrons. The molecule has 6 bridgehead atoms. The number of aromatic nitrogens is 2. The van der Waals surface area contributed by atoms with Crippen molar-refractivity contribution in [2.75, 3.05) is 25.1 Å². The molecular weight excluding hydrogens is 538 g/mol. The number of nitrogens with one attached hydrogen (secondary N) is 2. The van der Waals surface area contributed by atoms with Crippen molar-refractivity contribution in [3.05, 3.63) is 99.7 Å². The fourth-order valence-electron chi connectivity index (χ4n) is 4.99. The average molecular weight is 568 g/mol. The van der Waals surface area contributed by atoms with Crippen LogP contribution in [0.3, 0.4) is 0 Å². The van der Waals surface area contributed by atoms with Gasteiger partial charge in [-0.3, -0.25) is 14.9 Å². The maximum atomic E-state index is 12.6. The Bertz CT molecular complexity index is 1600. The Kier molecular flexibility index (Phi) is 7.91. The Morgan fingerprint density at radius 1 is 1.05 bits per heavy atom. The number of carbonyl (C=O) groups excluding carboxylic acids is 1. The molecule has 42 heavy (non-hydrogen) atoms. The number of carbonyl (C=O) groups is 1. The van der Waals surface area contributed by atoms with E-state index in [1.165, 1.54) is 23.9 Å². The van der Waals surface area contributed by atoms with Crippen LogP contribution >= 0.6 is 0 Å². The number of hydrogen-bond donors (Lipinski definition) is 2. The molecule has 3 aliphatic rings. The molecule has 1 aromatic heterocycles. The lowest BCUT2D eigenvalue weighted by molar-refractivity contribution is -0.384. The number of para-hydroxylation sites is 1. The highest BCUT2D eigenvalue weighted by atomic mass is 16.6. The lowest BCUT2D eigenvalue weighted by Gasteiger charge is -2.17. The van der Waals surface area contributed by atoms with Gasteiger partial charge in [0.2, 0.25) is 5.95 Å². The maximum Gasteiger partial charge on any atom is 0.279 e. The largest absolute Gasteiger partial charge is 0.489 e. The monoisotopic (exact) mass is 567 g/mol. The van der Waals surface area contributed by atoms with Crippen LogP contribution in [-0.4, -0.2) is 46.7 Å². The average Bonchev–Trinajstić information content (AvgIpc) is 3.42. The number of hydrogen-bond acceptors (Lipinski definition) is 9. The van der Waals surface area contributed by atoms with Crippen molar-refractivity contribution in [1.82, 2.24) is 15.3 Å². The van der Waals surface area contributed by atoms with Gasteiger partial charge in [0.1, 0.15) is 24.2 Å². The van der Waals surface area contributed by atoms with E-state index in [-0.39, 0.29) is 34.8 Å². The van der Waals surface area contributed by atoms with Crippen LogP contribution in [0, 0.1) is 10.1 Å². The van der Waals surface area contributed by atoms with E-state index in [0.29, 0.717) is 49.9 Å². The zero-order valence-corrected chi connectivity index (χ0v) is 22.7. The van der Waals surface area contributed by atoms with Crippen LogP contribution in [0.4, 0.5) is 17.3 Å². The minimum atomic E-state index is -0.512. The number of rotatable bonds is 4. The molecule has 1 unspecified atom stereocenters. The number of ether oxygens (including phenoxy) is 3. The van der Waals surface area contributed by atoms with E-state index >= 15 is 0 Å². The second kappa shape index (κ2) is 12.2. The van der Waals surface area contributed by atoms with Gasteiger partial charge in [0.15, 0.2) is 0 Å². The quantitative estimate of drug-likeness (QED) is 0.251. The third kappa shape index (κ3) is 6.16. The van der Waals surface area contributed by atoms with E-state index in [0.717, 1.165) is 24.2 Å². The molecule has 3 aromatic carbocycles. The first-order valence-corrected chi connectivity index (χ1v) is 13.8. The molecule has 0 saturated heterocycles. The predicted molar refractivity (Wildman–Crippen MR) is 155 cm³/mol. The fraction of sp³-hybridized carbons (Fsp3) is 0.258. The van der Waals surface area contributed by atoms with E-state index in [1.54, 1.807) is 12.1 Å². The SMILES string of the molecule is O=C1NCCCCOCc2cc(ccc2OCC2Cc3ccccc3O2)Nc2nccc(n2)-c2ccc1cc2[N+](=O)[O-]. The molecule has 0 spiro atoms. The summed E-state index contributed by atoms with van der Waals surface area (Å²) in [5.74, 6) is 1.47. The Morgan fingerprint density at radius 3 is 2.83 bits per heavy atom. The molecular formula is C31H29N5O6. The van der Waals surface area contributed by atoms with Crippen LogP contribution in [-0.2, 0) is 17.8 Å². The molecule has 11 nitrogen and oxygen atoms in total. The van der Waals surface area contributed by atoms with Gasteiger partial charge in [0, 0.05) is 48.6 Å². The summed E-state index contributed by atoms with van der Waals surface area (Å²) in [6.45, 7) is 1.61. The zero-order valence-electron chi connectivity index (χ0n) is 22.7. The van der Waals surface area contributed by atoms with Crippen molar-refractivity contribution >= 4 is 23.2 Å². The van der Waals surface area contributed by atoms with Gasteiger partial charge in [-0.05, 0) is 60.9 Å². The highest BCUT2D eigenvalue weighted by Crippen LogP contribution is 2.32. The molecule has 2 N–H and O–H groups in total. The fourth-order valence-corrected chi connectivity index (χ4v) is 4.99. The summed E-state index contributed by atoms with van der Waals surface area (Å²) in [5.41, 5.74) is 3.35. The van der Waals surface area contributed by atoms with Crippen molar-refractivity contribution in [3.63, 3.8) is 0 Å². The molecule has 1 amide bonds. The van der Waals surface area contributed by atoms with Gasteiger partial charge in [-0.25, -0.2) is 9.97 Å². The minimum absolute atomic E-state index is 0.0824. The first-order valence-electron chi connectivity index (χ1n) is 13.8. The topological polar surface area (TPSA) is 138 Å². The molecule has 0 aliphatic carbocycles. The first kappa shape index (κ1) is 27.2. The lowest BCUT2D eigenvalue weighted by Crippen LogP contribution is -2.24. The smallest absolute Gasteiger partial charge is 0.279 e. The lowest BCUT2D eigenvalue weighted by atomic mass is 10.1. The van der Waals surface area contributed by atoms with Crippen molar-refractivity contribution in [2.45, 2.75) is 32.0 Å². The predicted octanol–water partition coefficient (Wildman–Crippen LogP) is 5.22. The Balaban J connectivity index is 1.26. The van der Waals surface area contributed by atoms with E-state index in [9.17, 15) is 14.9 Å². The van der Waals surface area contributed by atoms with E-state index in [2.05, 4.69) is 26.7 Å². The number of fused-ring (bicyclic) bond motifs is 10. The summed E-state index contributed by atoms with van der Waals surface area (Å²) in [5, 5.41) is 17.9. The van der Waals surface area contributed by atoms with Gasteiger partial charge >= 0.3 is 0 Å². The van der Waals surface area contributed by atoms with Gasteiger partial charge in [-0.2, -0.15) is 0 Å². The van der Waals surface area contributed by atoms with Crippen molar-refractivity contribution in [3.8, 4) is 22.8 Å². The summed E-state index contributed by atoms with van der Waals surface area (Å²) in [6.07, 6.45) is 3.64. The minimum Gasteiger partial charge on any atom is -0.489 e. The van der Waals surface area contributed by atoms with E-state index < -0.39 is 4.92 Å². The molecule has 3 aliphatic heterocycles. The van der Waals surface area contributed by atoms with Crippen molar-refractivity contribution < 1.29 is 23.9 Å². The first-order chi connectivity index (χ1) is 20.5. The second-order valence-electron chi connectivity index (χ2n) is 10.1. The molecule has 4 aromatic rings. The van der Waals surface area contributed by atoms with Gasteiger partial charge < -0.3 is 24.8 Å². The number of benzene rings is 3. The standard InChI is InChI=1S/C31H29N5O6/c37-30-21-7-9-25(27(17-21)36(38)39)26-11-13-33-31(35-26)34-23-8-10-28(22(15-23)18-40-14-4-3-12-32-30)41-19-24-16-20-5-1-2-6-29(20)42-24/h1-2,5-11,13,15,17,24H,3-4,12,14,16,18-19H2,(H,32,37)(H,33,34,35). The van der Waals surface area contributed by atoms with Crippen LogP contribution < -0.4 is 20.1 Å². The molecule has 1 atom stereocenters. The normalized spacial score (nSPS) is 16.6. The third-order valence-corrected chi connectivity index (χ3v) is 7.10. The summed E-state index contributed by atoms with van der Waals surface area (Å²) < 4.78 is 18.2. The third-order valence-electron chi connectivity index (χ3n) is 7.10.